The van der Waals surface area contributed by atoms with Gasteiger partial charge in [-0.3, -0.25) is 4.79 Å². The third kappa shape index (κ3) is 5.35. The van der Waals surface area contributed by atoms with Crippen molar-refractivity contribution < 1.29 is 22.7 Å². The lowest BCUT2D eigenvalue weighted by molar-refractivity contribution is -0.137. The fourth-order valence-electron chi connectivity index (χ4n) is 3.19. The van der Waals surface area contributed by atoms with Crippen LogP contribution in [0.4, 0.5) is 0 Å². The number of morpholine rings is 1. The normalized spacial score (nSPS) is 17.2. The fraction of sp³-hybridized carbons (Fsp3) is 0.381. The van der Waals surface area contributed by atoms with Crippen LogP contribution in [-0.4, -0.2) is 52.1 Å². The van der Waals surface area contributed by atoms with Crippen molar-refractivity contribution >= 4 is 15.9 Å². The predicted octanol–water partition coefficient (Wildman–Crippen LogP) is 2.27. The number of benzene rings is 2. The number of carbonyl (C=O) groups is 1. The second-order valence-corrected chi connectivity index (χ2v) is 8.55. The standard InChI is InChI=1S/C21H26N2O5S/c1-3-27-18-10-9-16(2)13-20(18)29(25,26)22-14-21(24)23-11-12-28-19(15-23)17-7-5-4-6-8-17/h4-10,13,19,22H,3,11-12,14-15H2,1-2H3. The maximum absolute atomic E-state index is 12.8. The van der Waals surface area contributed by atoms with Gasteiger partial charge in [0.25, 0.3) is 0 Å². The van der Waals surface area contributed by atoms with Crippen LogP contribution in [0.2, 0.25) is 0 Å². The highest BCUT2D eigenvalue weighted by molar-refractivity contribution is 7.89. The molecular weight excluding hydrogens is 392 g/mol. The first-order valence-electron chi connectivity index (χ1n) is 9.58. The second-order valence-electron chi connectivity index (χ2n) is 6.82. The molecule has 156 valence electrons. The van der Waals surface area contributed by atoms with Gasteiger partial charge in [-0.2, -0.15) is 0 Å². The molecule has 1 fully saturated rings. The summed E-state index contributed by atoms with van der Waals surface area (Å²) in [6.45, 7) is 4.84. The number of ether oxygens (including phenoxy) is 2. The van der Waals surface area contributed by atoms with Crippen LogP contribution in [-0.2, 0) is 19.6 Å². The number of hydrogen-bond acceptors (Lipinski definition) is 5. The van der Waals surface area contributed by atoms with E-state index in [2.05, 4.69) is 4.72 Å². The van der Waals surface area contributed by atoms with Gasteiger partial charge in [0, 0.05) is 6.54 Å². The third-order valence-corrected chi connectivity index (χ3v) is 6.11. The molecule has 0 aromatic heterocycles. The van der Waals surface area contributed by atoms with Gasteiger partial charge < -0.3 is 14.4 Å². The van der Waals surface area contributed by atoms with E-state index in [1.165, 1.54) is 6.07 Å². The zero-order valence-electron chi connectivity index (χ0n) is 16.6. The third-order valence-electron chi connectivity index (χ3n) is 4.69. The molecule has 1 unspecified atom stereocenters. The average Bonchev–Trinajstić information content (AvgIpc) is 2.74. The van der Waals surface area contributed by atoms with Crippen molar-refractivity contribution in [2.75, 3.05) is 32.8 Å². The van der Waals surface area contributed by atoms with Crippen molar-refractivity contribution in [1.82, 2.24) is 9.62 Å². The molecule has 29 heavy (non-hydrogen) atoms. The van der Waals surface area contributed by atoms with Crippen molar-refractivity contribution in [3.63, 3.8) is 0 Å². The highest BCUT2D eigenvalue weighted by Gasteiger charge is 2.27. The van der Waals surface area contributed by atoms with Crippen LogP contribution < -0.4 is 9.46 Å². The Bertz CT molecular complexity index is 947. The van der Waals surface area contributed by atoms with E-state index in [-0.39, 0.29) is 29.2 Å². The van der Waals surface area contributed by atoms with Gasteiger partial charge in [-0.05, 0) is 37.1 Å². The average molecular weight is 419 g/mol. The number of carbonyl (C=O) groups excluding carboxylic acids is 1. The molecule has 1 N–H and O–H groups in total. The molecule has 1 heterocycles. The first kappa shape index (κ1) is 21.3. The van der Waals surface area contributed by atoms with E-state index in [9.17, 15) is 13.2 Å². The summed E-state index contributed by atoms with van der Waals surface area (Å²) in [5, 5.41) is 0. The van der Waals surface area contributed by atoms with E-state index in [1.54, 1.807) is 30.9 Å². The fourth-order valence-corrected chi connectivity index (χ4v) is 4.39. The molecule has 1 atom stereocenters. The molecule has 0 saturated carbocycles. The molecule has 1 aliphatic rings. The number of nitrogens with one attached hydrogen (secondary N) is 1. The zero-order valence-corrected chi connectivity index (χ0v) is 17.4. The number of aryl methyl sites for hydroxylation is 1. The summed E-state index contributed by atoms with van der Waals surface area (Å²) in [5.74, 6) is -0.0167. The van der Waals surface area contributed by atoms with Crippen molar-refractivity contribution in [1.29, 1.82) is 0 Å². The van der Waals surface area contributed by atoms with Gasteiger partial charge in [-0.25, -0.2) is 13.1 Å². The van der Waals surface area contributed by atoms with Crippen LogP contribution in [0.25, 0.3) is 0 Å². The van der Waals surface area contributed by atoms with E-state index in [1.807, 2.05) is 30.3 Å². The van der Waals surface area contributed by atoms with Gasteiger partial charge in [-0.1, -0.05) is 36.4 Å². The molecule has 1 aliphatic heterocycles. The Balaban J connectivity index is 1.66. The molecular formula is C21H26N2O5S. The zero-order chi connectivity index (χ0) is 20.9. The Morgan fingerprint density at radius 1 is 1.24 bits per heavy atom. The first-order chi connectivity index (χ1) is 13.9. The van der Waals surface area contributed by atoms with Crippen LogP contribution in [0.1, 0.15) is 24.2 Å². The van der Waals surface area contributed by atoms with Gasteiger partial charge in [-0.15, -0.1) is 0 Å². The lowest BCUT2D eigenvalue weighted by Crippen LogP contribution is -2.46. The molecule has 0 spiro atoms. The van der Waals surface area contributed by atoms with Crippen LogP contribution in [0, 0.1) is 6.92 Å². The number of nitrogens with zero attached hydrogens (tertiary/aromatic N) is 1. The summed E-state index contributed by atoms with van der Waals surface area (Å²) >= 11 is 0. The molecule has 7 nitrogen and oxygen atoms in total. The highest BCUT2D eigenvalue weighted by atomic mass is 32.2. The summed E-state index contributed by atoms with van der Waals surface area (Å²) in [6, 6.07) is 14.6. The number of amides is 1. The maximum atomic E-state index is 12.8. The summed E-state index contributed by atoms with van der Waals surface area (Å²) in [7, 11) is -3.89. The first-order valence-corrected chi connectivity index (χ1v) is 11.1. The van der Waals surface area contributed by atoms with E-state index in [4.69, 9.17) is 9.47 Å². The molecule has 2 aromatic rings. The van der Waals surface area contributed by atoms with Crippen LogP contribution in [0.3, 0.4) is 0 Å². The van der Waals surface area contributed by atoms with Crippen molar-refractivity contribution in [2.45, 2.75) is 24.8 Å². The molecule has 8 heteroatoms. The lowest BCUT2D eigenvalue weighted by atomic mass is 10.1. The monoisotopic (exact) mass is 418 g/mol. The van der Waals surface area contributed by atoms with Crippen LogP contribution in [0.5, 0.6) is 5.75 Å². The number of sulfonamides is 1. The molecule has 0 bridgehead atoms. The van der Waals surface area contributed by atoms with Gasteiger partial charge in [0.2, 0.25) is 15.9 Å². The van der Waals surface area contributed by atoms with Gasteiger partial charge in [0.1, 0.15) is 16.7 Å². The molecule has 0 aliphatic carbocycles. The van der Waals surface area contributed by atoms with Gasteiger partial charge >= 0.3 is 0 Å². The molecule has 1 saturated heterocycles. The van der Waals surface area contributed by atoms with Crippen molar-refractivity contribution in [3.05, 3.63) is 59.7 Å². The smallest absolute Gasteiger partial charge is 0.244 e. The largest absolute Gasteiger partial charge is 0.492 e. The van der Waals surface area contributed by atoms with E-state index < -0.39 is 10.0 Å². The Labute approximate surface area is 171 Å². The minimum absolute atomic E-state index is 0.0382. The minimum Gasteiger partial charge on any atom is -0.492 e. The molecule has 1 amide bonds. The highest BCUT2D eigenvalue weighted by Crippen LogP contribution is 2.25. The minimum atomic E-state index is -3.89. The summed E-state index contributed by atoms with van der Waals surface area (Å²) in [6.07, 6.45) is -0.216. The SMILES string of the molecule is CCOc1ccc(C)cc1S(=O)(=O)NCC(=O)N1CCOC(c2ccccc2)C1. The van der Waals surface area contributed by atoms with E-state index in [0.717, 1.165) is 11.1 Å². The quantitative estimate of drug-likeness (QED) is 0.746. The lowest BCUT2D eigenvalue weighted by Gasteiger charge is -2.33. The van der Waals surface area contributed by atoms with Crippen LogP contribution in [0.15, 0.2) is 53.4 Å². The number of rotatable bonds is 7. The Hall–Kier alpha value is -2.42. The van der Waals surface area contributed by atoms with Gasteiger partial charge in [0.15, 0.2) is 0 Å². The number of hydrogen-bond donors (Lipinski definition) is 1. The topological polar surface area (TPSA) is 84.9 Å². The summed E-state index contributed by atoms with van der Waals surface area (Å²) < 4.78 is 39.1. The van der Waals surface area contributed by atoms with Crippen molar-refractivity contribution in [3.8, 4) is 5.75 Å². The predicted molar refractivity (Wildman–Crippen MR) is 109 cm³/mol. The Morgan fingerprint density at radius 2 is 2.00 bits per heavy atom. The molecule has 3 rings (SSSR count). The summed E-state index contributed by atoms with van der Waals surface area (Å²) in [4.78, 5) is 14.3. The van der Waals surface area contributed by atoms with Crippen LogP contribution >= 0.6 is 0 Å². The van der Waals surface area contributed by atoms with E-state index in [0.29, 0.717) is 26.3 Å². The van der Waals surface area contributed by atoms with Crippen molar-refractivity contribution in [2.24, 2.45) is 0 Å². The maximum Gasteiger partial charge on any atom is 0.244 e. The Kier molecular flexibility index (Phi) is 6.89. The molecule has 2 aromatic carbocycles. The second kappa shape index (κ2) is 9.39. The molecule has 0 radical (unpaired) electrons. The van der Waals surface area contributed by atoms with Gasteiger partial charge in [0.05, 0.1) is 26.3 Å². The Morgan fingerprint density at radius 3 is 2.72 bits per heavy atom. The summed E-state index contributed by atoms with van der Waals surface area (Å²) in [5.41, 5.74) is 1.78. The van der Waals surface area contributed by atoms with E-state index >= 15 is 0 Å².